The molecule has 1 heterocycles. The van der Waals surface area contributed by atoms with Crippen LogP contribution in [0.2, 0.25) is 5.02 Å². The number of rotatable bonds is 15. The minimum Gasteiger partial charge on any atom is -0.488 e. The number of halogens is 4. The lowest BCUT2D eigenvalue weighted by atomic mass is 10.1. The molecule has 0 saturated heterocycles. The Kier molecular flexibility index (Phi) is 9.69. The molecule has 18 heteroatoms. The Labute approximate surface area is 274 Å². The van der Waals surface area contributed by atoms with E-state index in [1.807, 2.05) is 12.1 Å². The SMILES string of the molecule is CCOc1c(NC[C@H](NC(=O)c2ccc(Nc3nc(NC4(c5ccc(Cl)cc5)CC4)nc(OCC(F)(F)F)n3)cc2)C(=O)O)c(=O)c1=O. The van der Waals surface area contributed by atoms with E-state index in [0.29, 0.717) is 23.6 Å². The fourth-order valence-corrected chi connectivity index (χ4v) is 4.69. The van der Waals surface area contributed by atoms with Crippen LogP contribution in [0.4, 0.5) is 36.4 Å². The minimum atomic E-state index is -4.64. The van der Waals surface area contributed by atoms with Crippen molar-refractivity contribution in [2.75, 3.05) is 35.7 Å². The highest BCUT2D eigenvalue weighted by atomic mass is 35.5. The number of nitrogens with zero attached hydrogens (tertiary/aromatic N) is 3. The van der Waals surface area contributed by atoms with Crippen LogP contribution in [-0.4, -0.2) is 63.9 Å². The van der Waals surface area contributed by atoms with Gasteiger partial charge in [-0.2, -0.15) is 28.1 Å². The average molecular weight is 690 g/mol. The third kappa shape index (κ3) is 8.09. The summed E-state index contributed by atoms with van der Waals surface area (Å²) in [5.41, 5.74) is -1.15. The molecule has 5 rings (SSSR count). The molecule has 48 heavy (non-hydrogen) atoms. The first-order chi connectivity index (χ1) is 22.8. The Morgan fingerprint density at radius 1 is 0.979 bits per heavy atom. The number of carboxylic acids is 1. The standard InChI is InChI=1S/C30H27ClF3N7O7/c1-2-47-23-20(21(42)22(23)43)35-13-19(25(45)46)37-24(44)15-3-9-18(10-4-15)36-26-38-27(40-28(39-26)48-14-30(32,33)34)41-29(11-12-29)16-5-7-17(31)8-6-16/h3-10,19,35H,2,11-14H2,1H3,(H,37,44)(H,45,46)(H2,36,38,39,40,41)/t19-/m0/s1. The molecule has 5 N–H and O–H groups in total. The van der Waals surface area contributed by atoms with Gasteiger partial charge in [0.25, 0.3) is 16.8 Å². The van der Waals surface area contributed by atoms with Crippen LogP contribution in [0.5, 0.6) is 11.8 Å². The highest BCUT2D eigenvalue weighted by molar-refractivity contribution is 6.30. The molecule has 1 aliphatic rings. The third-order valence-electron chi connectivity index (χ3n) is 7.12. The normalized spacial score (nSPS) is 14.1. The summed E-state index contributed by atoms with van der Waals surface area (Å²) in [5, 5.41) is 21.0. The van der Waals surface area contributed by atoms with E-state index >= 15 is 0 Å². The van der Waals surface area contributed by atoms with Gasteiger partial charge in [0.05, 0.1) is 12.1 Å². The van der Waals surface area contributed by atoms with Crippen molar-refractivity contribution in [1.82, 2.24) is 20.3 Å². The van der Waals surface area contributed by atoms with Crippen LogP contribution in [0.15, 0.2) is 58.1 Å². The molecule has 14 nitrogen and oxygen atoms in total. The van der Waals surface area contributed by atoms with Crippen molar-refractivity contribution in [3.63, 3.8) is 0 Å². The van der Waals surface area contributed by atoms with Gasteiger partial charge in [0, 0.05) is 22.8 Å². The van der Waals surface area contributed by atoms with Gasteiger partial charge in [0.1, 0.15) is 11.7 Å². The highest BCUT2D eigenvalue weighted by Crippen LogP contribution is 2.48. The predicted octanol–water partition coefficient (Wildman–Crippen LogP) is 3.60. The second-order valence-electron chi connectivity index (χ2n) is 10.6. The molecule has 3 aromatic carbocycles. The van der Waals surface area contributed by atoms with Crippen LogP contribution in [0.3, 0.4) is 0 Å². The molecule has 1 fully saturated rings. The molecule has 252 valence electrons. The van der Waals surface area contributed by atoms with Crippen molar-refractivity contribution < 1.29 is 37.3 Å². The molecule has 0 bridgehead atoms. The van der Waals surface area contributed by atoms with Crippen LogP contribution in [0.1, 0.15) is 35.7 Å². The smallest absolute Gasteiger partial charge is 0.422 e. The fourth-order valence-electron chi connectivity index (χ4n) is 4.57. The van der Waals surface area contributed by atoms with Crippen LogP contribution in [0, 0.1) is 0 Å². The van der Waals surface area contributed by atoms with E-state index in [0.717, 1.165) is 5.56 Å². The van der Waals surface area contributed by atoms with Crippen molar-refractivity contribution >= 4 is 46.7 Å². The molecular formula is C30H27ClF3N7O7. The Bertz CT molecular complexity index is 1880. The molecular weight excluding hydrogens is 663 g/mol. The quantitative estimate of drug-likeness (QED) is 0.114. The van der Waals surface area contributed by atoms with Crippen LogP contribution < -0.4 is 41.6 Å². The number of hydrogen-bond donors (Lipinski definition) is 5. The lowest BCUT2D eigenvalue weighted by molar-refractivity contribution is -0.154. The lowest BCUT2D eigenvalue weighted by Gasteiger charge is -2.19. The summed E-state index contributed by atoms with van der Waals surface area (Å²) < 4.78 is 48.5. The summed E-state index contributed by atoms with van der Waals surface area (Å²) >= 11 is 6.00. The van der Waals surface area contributed by atoms with E-state index < -0.39 is 59.7 Å². The Morgan fingerprint density at radius 3 is 2.25 bits per heavy atom. The van der Waals surface area contributed by atoms with E-state index in [1.165, 1.54) is 24.3 Å². The van der Waals surface area contributed by atoms with E-state index in [1.54, 1.807) is 19.1 Å². The monoisotopic (exact) mass is 689 g/mol. The molecule has 1 amide bonds. The maximum Gasteiger partial charge on any atom is 0.422 e. The number of aliphatic carboxylic acids is 1. The molecule has 1 atom stereocenters. The summed E-state index contributed by atoms with van der Waals surface area (Å²) in [7, 11) is 0. The van der Waals surface area contributed by atoms with Gasteiger partial charge in [-0.3, -0.25) is 14.4 Å². The molecule has 0 spiro atoms. The van der Waals surface area contributed by atoms with Gasteiger partial charge in [-0.1, -0.05) is 23.7 Å². The van der Waals surface area contributed by atoms with Crippen molar-refractivity contribution in [3.8, 4) is 11.8 Å². The van der Waals surface area contributed by atoms with Gasteiger partial charge in [-0.05, 0) is 61.7 Å². The first-order valence-electron chi connectivity index (χ1n) is 14.4. The first kappa shape index (κ1) is 33.9. The van der Waals surface area contributed by atoms with E-state index in [4.69, 9.17) is 21.1 Å². The number of carbonyl (C=O) groups excluding carboxylic acids is 1. The molecule has 4 aromatic rings. The molecule has 1 aromatic heterocycles. The molecule has 0 aliphatic heterocycles. The zero-order valence-corrected chi connectivity index (χ0v) is 25.7. The average Bonchev–Trinajstić information content (AvgIpc) is 3.82. The van der Waals surface area contributed by atoms with E-state index in [-0.39, 0.29) is 35.5 Å². The number of aromatic nitrogens is 3. The number of alkyl halides is 3. The second-order valence-corrected chi connectivity index (χ2v) is 11.1. The van der Waals surface area contributed by atoms with Crippen molar-refractivity contribution in [3.05, 3.63) is 85.1 Å². The molecule has 1 saturated carbocycles. The van der Waals surface area contributed by atoms with Gasteiger partial charge in [0.15, 0.2) is 12.4 Å². The van der Waals surface area contributed by atoms with Gasteiger partial charge in [-0.15, -0.1) is 0 Å². The molecule has 1 aliphatic carbocycles. The van der Waals surface area contributed by atoms with Crippen molar-refractivity contribution in [1.29, 1.82) is 0 Å². The summed E-state index contributed by atoms with van der Waals surface area (Å²) in [6, 6.07) is 10.6. The molecule has 0 radical (unpaired) electrons. The van der Waals surface area contributed by atoms with Crippen LogP contribution in [-0.2, 0) is 10.3 Å². The number of carboxylic acid groups (broad SMARTS) is 1. The predicted molar refractivity (Wildman–Crippen MR) is 167 cm³/mol. The molecule has 0 unspecified atom stereocenters. The van der Waals surface area contributed by atoms with Crippen LogP contribution in [0.25, 0.3) is 0 Å². The maximum atomic E-state index is 12.9. The fraction of sp³-hybridized carbons (Fsp3) is 0.300. The Morgan fingerprint density at radius 2 is 1.65 bits per heavy atom. The van der Waals surface area contributed by atoms with Gasteiger partial charge in [-0.25, -0.2) is 4.79 Å². The summed E-state index contributed by atoms with van der Waals surface area (Å²) in [6.45, 7) is -0.321. The topological polar surface area (TPSA) is 194 Å². The Balaban J connectivity index is 1.27. The number of ether oxygens (including phenoxy) is 2. The van der Waals surface area contributed by atoms with Gasteiger partial charge in [0.2, 0.25) is 11.9 Å². The number of benzene rings is 2. The summed E-state index contributed by atoms with van der Waals surface area (Å²) in [6.07, 6.45) is -3.24. The number of amides is 1. The van der Waals surface area contributed by atoms with Crippen molar-refractivity contribution in [2.24, 2.45) is 0 Å². The van der Waals surface area contributed by atoms with E-state index in [9.17, 15) is 37.5 Å². The minimum absolute atomic E-state index is 0.0430. The highest BCUT2D eigenvalue weighted by Gasteiger charge is 2.45. The zero-order valence-electron chi connectivity index (χ0n) is 25.0. The number of hydrogen-bond acceptors (Lipinski definition) is 12. The summed E-state index contributed by atoms with van der Waals surface area (Å²) in [4.78, 5) is 60.3. The zero-order chi connectivity index (χ0) is 34.6. The third-order valence-corrected chi connectivity index (χ3v) is 7.37. The van der Waals surface area contributed by atoms with Gasteiger partial charge < -0.3 is 35.8 Å². The first-order valence-corrected chi connectivity index (χ1v) is 14.8. The van der Waals surface area contributed by atoms with Gasteiger partial charge >= 0.3 is 18.2 Å². The lowest BCUT2D eigenvalue weighted by Crippen LogP contribution is -2.47. The number of anilines is 4. The van der Waals surface area contributed by atoms with Crippen LogP contribution >= 0.6 is 11.6 Å². The summed E-state index contributed by atoms with van der Waals surface area (Å²) in [5.74, 6) is -2.57. The number of nitrogens with one attached hydrogen (secondary N) is 4. The maximum absolute atomic E-state index is 12.9. The van der Waals surface area contributed by atoms with Crippen molar-refractivity contribution in [2.45, 2.75) is 37.5 Å². The largest absolute Gasteiger partial charge is 0.488 e. The second kappa shape index (κ2) is 13.7. The van der Waals surface area contributed by atoms with E-state index in [2.05, 4.69) is 36.2 Å². The number of carbonyl (C=O) groups is 2. The Hall–Kier alpha value is -5.45.